The predicted octanol–water partition coefficient (Wildman–Crippen LogP) is 2.67. The fourth-order valence-electron chi connectivity index (χ4n) is 4.81. The first kappa shape index (κ1) is 23.7. The van der Waals surface area contributed by atoms with E-state index in [0.717, 1.165) is 24.6 Å². The molecule has 2 aromatic heterocycles. The Labute approximate surface area is 213 Å². The third-order valence-electron chi connectivity index (χ3n) is 6.99. The molecule has 10 nitrogen and oxygen atoms in total. The van der Waals surface area contributed by atoms with Gasteiger partial charge >= 0.3 is 0 Å². The van der Waals surface area contributed by atoms with Gasteiger partial charge in [0.05, 0.1) is 53.4 Å². The molecule has 4 heterocycles. The van der Waals surface area contributed by atoms with E-state index in [0.29, 0.717) is 29.4 Å². The Morgan fingerprint density at radius 1 is 1.19 bits per heavy atom. The first-order chi connectivity index (χ1) is 17.5. The molecular weight excluding hydrogens is 497 g/mol. The Hall–Kier alpha value is -3.64. The quantitative estimate of drug-likeness (QED) is 0.532. The molecule has 0 radical (unpaired) electrons. The zero-order valence-electron chi connectivity index (χ0n) is 20.6. The van der Waals surface area contributed by atoms with E-state index >= 15 is 0 Å². The number of hydrogen-bond donors (Lipinski definition) is 1. The van der Waals surface area contributed by atoms with Gasteiger partial charge in [-0.15, -0.1) is 0 Å². The minimum atomic E-state index is -3.94. The number of carbonyl (C=O) groups is 1. The number of pyridine rings is 1. The molecule has 1 aliphatic carbocycles. The molecule has 1 aromatic carbocycles. The van der Waals surface area contributed by atoms with Gasteiger partial charge in [0.1, 0.15) is 5.82 Å². The molecule has 3 aliphatic rings. The maximum Gasteiger partial charge on any atom is 0.263 e. The number of halogens is 1. The van der Waals surface area contributed by atoms with Crippen LogP contribution in [0.3, 0.4) is 0 Å². The number of sulfonamides is 1. The highest BCUT2D eigenvalue weighted by Crippen LogP contribution is 2.43. The molecular formula is C25H26FN7O3S. The van der Waals surface area contributed by atoms with Crippen molar-refractivity contribution < 1.29 is 17.6 Å². The smallest absolute Gasteiger partial charge is 0.263 e. The number of benzene rings is 1. The Morgan fingerprint density at radius 2 is 1.95 bits per heavy atom. The number of nitrogens with zero attached hydrogens (tertiary/aromatic N) is 6. The van der Waals surface area contributed by atoms with Crippen LogP contribution in [-0.4, -0.2) is 58.1 Å². The monoisotopic (exact) mass is 523 g/mol. The number of aliphatic imine (C=N–C) groups is 1. The van der Waals surface area contributed by atoms with Gasteiger partial charge < -0.3 is 4.90 Å². The fraction of sp³-hybridized carbons (Fsp3) is 0.360. The van der Waals surface area contributed by atoms with Gasteiger partial charge in [-0.2, -0.15) is 5.10 Å². The van der Waals surface area contributed by atoms with E-state index in [1.165, 1.54) is 24.3 Å². The molecule has 0 unspecified atom stereocenters. The number of hydrogen-bond acceptors (Lipinski definition) is 7. The van der Waals surface area contributed by atoms with Crippen LogP contribution in [0.25, 0.3) is 11.3 Å². The van der Waals surface area contributed by atoms with Gasteiger partial charge in [-0.05, 0) is 51.0 Å². The normalized spacial score (nSPS) is 20.1. The molecule has 0 bridgehead atoms. The van der Waals surface area contributed by atoms with E-state index < -0.39 is 21.4 Å². The summed E-state index contributed by atoms with van der Waals surface area (Å²) < 4.78 is 45.0. The first-order valence-corrected chi connectivity index (χ1v) is 13.5. The summed E-state index contributed by atoms with van der Waals surface area (Å²) in [6, 6.07) is 5.60. The van der Waals surface area contributed by atoms with Gasteiger partial charge in [0.25, 0.3) is 5.91 Å². The van der Waals surface area contributed by atoms with Crippen LogP contribution in [0.15, 0.2) is 52.7 Å². The van der Waals surface area contributed by atoms with E-state index in [9.17, 15) is 17.6 Å². The second-order valence-corrected chi connectivity index (χ2v) is 11.9. The average Bonchev–Trinajstić information content (AvgIpc) is 3.22. The molecule has 1 fully saturated rings. The van der Waals surface area contributed by atoms with E-state index in [2.05, 4.69) is 19.8 Å². The molecule has 1 atom stereocenters. The molecule has 1 N–H and O–H groups in total. The summed E-state index contributed by atoms with van der Waals surface area (Å²) in [4.78, 5) is 26.3. The molecule has 1 amide bonds. The van der Waals surface area contributed by atoms with Gasteiger partial charge in [-0.25, -0.2) is 17.5 Å². The summed E-state index contributed by atoms with van der Waals surface area (Å²) >= 11 is 0. The Kier molecular flexibility index (Phi) is 5.25. The molecule has 1 saturated carbocycles. The lowest BCUT2D eigenvalue weighted by atomic mass is 9.98. The van der Waals surface area contributed by atoms with Crippen molar-refractivity contribution in [3.8, 4) is 11.3 Å². The standard InChI is InChI=1S/C25H26FN7O3S/c1-15-10-28-24-32(14-16-11-29-31(3)13-16)23(34)20-9-18(37(35,36)30-25(2)6-7-25)8-19(22(20)33(15)24)21-5-4-17(26)12-27-21/h4-5,8-9,11-13,15,30H,6-7,10,14H2,1-3H3/t15-/m1/s1. The van der Waals surface area contributed by atoms with E-state index in [4.69, 9.17) is 0 Å². The SMILES string of the molecule is C[C@@H]1CN=C2N(Cc3cnn(C)c3)C(=O)c3cc(S(=O)(=O)NC4(C)CC4)cc(-c4ccc(F)cn4)c3N21. The fourth-order valence-corrected chi connectivity index (χ4v) is 6.33. The van der Waals surface area contributed by atoms with Gasteiger partial charge in [-0.3, -0.25) is 24.4 Å². The highest BCUT2D eigenvalue weighted by atomic mass is 32.2. The number of guanidine groups is 1. The molecule has 0 saturated heterocycles. The van der Waals surface area contributed by atoms with Gasteiger partial charge in [0, 0.05) is 29.9 Å². The highest BCUT2D eigenvalue weighted by Gasteiger charge is 2.45. The average molecular weight is 524 g/mol. The number of carbonyl (C=O) groups excluding carboxylic acids is 1. The van der Waals surface area contributed by atoms with E-state index in [1.54, 1.807) is 22.8 Å². The summed E-state index contributed by atoms with van der Waals surface area (Å²) in [6.07, 6.45) is 6.06. The van der Waals surface area contributed by atoms with Gasteiger partial charge in [-0.1, -0.05) is 0 Å². The number of fused-ring (bicyclic) bond motifs is 3. The van der Waals surface area contributed by atoms with Crippen LogP contribution < -0.4 is 9.62 Å². The second-order valence-electron chi connectivity index (χ2n) is 10.2. The number of aryl methyl sites for hydroxylation is 1. The van der Waals surface area contributed by atoms with Crippen LogP contribution >= 0.6 is 0 Å². The van der Waals surface area contributed by atoms with E-state index in [1.807, 2.05) is 24.9 Å². The van der Waals surface area contributed by atoms with Crippen LogP contribution in [0.2, 0.25) is 0 Å². The maximum atomic E-state index is 14.0. The molecule has 3 aromatic rings. The lowest BCUT2D eigenvalue weighted by Crippen LogP contribution is -2.52. The molecule has 37 heavy (non-hydrogen) atoms. The van der Waals surface area contributed by atoms with E-state index in [-0.39, 0.29) is 29.0 Å². The lowest BCUT2D eigenvalue weighted by Gasteiger charge is -2.39. The summed E-state index contributed by atoms with van der Waals surface area (Å²) in [5.74, 6) is -0.405. The molecule has 192 valence electrons. The van der Waals surface area contributed by atoms with Crippen molar-refractivity contribution in [2.24, 2.45) is 12.0 Å². The lowest BCUT2D eigenvalue weighted by molar-refractivity contribution is 0.0833. The summed E-state index contributed by atoms with van der Waals surface area (Å²) in [7, 11) is -2.15. The Balaban J connectivity index is 1.55. The van der Waals surface area contributed by atoms with Gasteiger partial charge in [0.2, 0.25) is 16.0 Å². The zero-order chi connectivity index (χ0) is 26.1. The van der Waals surface area contributed by atoms with Crippen molar-refractivity contribution in [3.05, 3.63) is 59.8 Å². The third-order valence-corrected chi connectivity index (χ3v) is 8.61. The van der Waals surface area contributed by atoms with Crippen molar-refractivity contribution >= 4 is 27.6 Å². The van der Waals surface area contributed by atoms with Crippen LogP contribution in [-0.2, 0) is 23.6 Å². The molecule has 12 heteroatoms. The van der Waals surface area contributed by atoms with Gasteiger partial charge in [0.15, 0.2) is 0 Å². The Morgan fingerprint density at radius 3 is 2.59 bits per heavy atom. The van der Waals surface area contributed by atoms with Crippen molar-refractivity contribution in [2.45, 2.75) is 49.7 Å². The maximum absolute atomic E-state index is 14.0. The van der Waals surface area contributed by atoms with Crippen LogP contribution in [0.1, 0.15) is 42.6 Å². The number of amides is 1. The number of aromatic nitrogens is 3. The topological polar surface area (TPSA) is 113 Å². The number of nitrogens with one attached hydrogen (secondary N) is 1. The minimum Gasteiger partial charge on any atom is -0.306 e. The van der Waals surface area contributed by atoms with Crippen LogP contribution in [0.5, 0.6) is 0 Å². The summed E-state index contributed by atoms with van der Waals surface area (Å²) in [5, 5.41) is 4.20. The summed E-state index contributed by atoms with van der Waals surface area (Å²) in [5.41, 5.74) is 1.85. The first-order valence-electron chi connectivity index (χ1n) is 12.0. The highest BCUT2D eigenvalue weighted by molar-refractivity contribution is 7.89. The zero-order valence-corrected chi connectivity index (χ0v) is 21.5. The summed E-state index contributed by atoms with van der Waals surface area (Å²) in [6.45, 7) is 4.52. The third kappa shape index (κ3) is 4.09. The molecule has 0 spiro atoms. The van der Waals surface area contributed by atoms with Crippen molar-refractivity contribution in [3.63, 3.8) is 0 Å². The Bertz CT molecular complexity index is 1560. The molecule has 6 rings (SSSR count). The number of rotatable bonds is 6. The van der Waals surface area contributed by atoms with Crippen LogP contribution in [0, 0.1) is 5.82 Å². The number of anilines is 1. The largest absolute Gasteiger partial charge is 0.306 e. The van der Waals surface area contributed by atoms with Crippen molar-refractivity contribution in [1.82, 2.24) is 24.4 Å². The van der Waals surface area contributed by atoms with Crippen LogP contribution in [0.4, 0.5) is 10.1 Å². The van der Waals surface area contributed by atoms with Crippen molar-refractivity contribution in [2.75, 3.05) is 11.4 Å². The molecule has 2 aliphatic heterocycles. The predicted molar refractivity (Wildman–Crippen MR) is 135 cm³/mol. The minimum absolute atomic E-state index is 0.0394. The second kappa shape index (κ2) is 8.18. The van der Waals surface area contributed by atoms with Crippen molar-refractivity contribution in [1.29, 1.82) is 0 Å².